The first-order valence-electron chi connectivity index (χ1n) is 9.38. The van der Waals surface area contributed by atoms with Crippen molar-refractivity contribution in [3.63, 3.8) is 0 Å². The molecule has 0 bridgehead atoms. The Kier molecular flexibility index (Phi) is 5.43. The van der Waals surface area contributed by atoms with Gasteiger partial charge in [0.1, 0.15) is 5.69 Å². The molecule has 28 heavy (non-hydrogen) atoms. The third-order valence-electron chi connectivity index (χ3n) is 4.97. The highest BCUT2D eigenvalue weighted by molar-refractivity contribution is 6.30. The monoisotopic (exact) mass is 396 g/mol. The van der Waals surface area contributed by atoms with Gasteiger partial charge in [-0.05, 0) is 24.3 Å². The lowest BCUT2D eigenvalue weighted by Gasteiger charge is -2.30. The van der Waals surface area contributed by atoms with Gasteiger partial charge < -0.3 is 4.90 Å². The zero-order valence-electron chi connectivity index (χ0n) is 15.7. The maximum atomic E-state index is 13.1. The molecule has 6 nitrogen and oxygen atoms in total. The molecule has 1 aliphatic rings. The van der Waals surface area contributed by atoms with E-state index in [0.29, 0.717) is 16.3 Å². The molecule has 1 aliphatic heterocycles. The summed E-state index contributed by atoms with van der Waals surface area (Å²) in [7, 11) is 2.17. The van der Waals surface area contributed by atoms with Crippen LogP contribution >= 0.6 is 11.6 Å². The zero-order valence-corrected chi connectivity index (χ0v) is 16.5. The number of hydrazine groups is 1. The fourth-order valence-electron chi connectivity index (χ4n) is 3.28. The maximum absolute atomic E-state index is 13.1. The molecular weight excluding hydrogens is 374 g/mol. The van der Waals surface area contributed by atoms with E-state index in [1.807, 2.05) is 59.6 Å². The number of nitrogens with zero attached hydrogens (tertiary/aromatic N) is 3. The van der Waals surface area contributed by atoms with Gasteiger partial charge in [0.2, 0.25) is 0 Å². The topological polar surface area (TPSA) is 54.6 Å². The van der Waals surface area contributed by atoms with Crippen LogP contribution in [0.3, 0.4) is 0 Å². The Morgan fingerprint density at radius 2 is 1.75 bits per heavy atom. The van der Waals surface area contributed by atoms with Crippen LogP contribution in [0.5, 0.6) is 0 Å². The summed E-state index contributed by atoms with van der Waals surface area (Å²) in [6.07, 6.45) is 1.79. The van der Waals surface area contributed by atoms with Crippen molar-refractivity contribution in [3.05, 3.63) is 71.4 Å². The standard InChI is InChI=1S/C21H22ClN5O/c1-25-11-13-26(14-12-25)24-21(28)19-15-27(18-5-3-2-4-6-18)23-20(19)16-7-9-17(22)10-8-16/h2-10,15H,11-14H2,1H3,(H,24,28)/p+1. The van der Waals surface area contributed by atoms with Crippen LogP contribution in [0.1, 0.15) is 10.4 Å². The van der Waals surface area contributed by atoms with Crippen LogP contribution in [0.4, 0.5) is 0 Å². The minimum atomic E-state index is -0.147. The van der Waals surface area contributed by atoms with Crippen molar-refractivity contribution in [2.75, 3.05) is 33.2 Å². The van der Waals surface area contributed by atoms with Crippen molar-refractivity contribution in [2.24, 2.45) is 0 Å². The molecule has 2 heterocycles. The summed E-state index contributed by atoms with van der Waals surface area (Å²) in [5.74, 6) is -0.147. The van der Waals surface area contributed by atoms with Crippen molar-refractivity contribution in [2.45, 2.75) is 0 Å². The Hall–Kier alpha value is -2.67. The van der Waals surface area contributed by atoms with Crippen molar-refractivity contribution in [1.82, 2.24) is 20.2 Å². The zero-order chi connectivity index (χ0) is 19.5. The Labute approximate surface area is 169 Å². The molecule has 1 fully saturated rings. The largest absolute Gasteiger partial charge is 0.335 e. The normalized spacial score (nSPS) is 15.5. The minimum Gasteiger partial charge on any atom is -0.335 e. The molecule has 4 rings (SSSR count). The number of carbonyl (C=O) groups is 1. The van der Waals surface area contributed by atoms with E-state index in [2.05, 4.69) is 12.5 Å². The number of nitrogens with one attached hydrogen (secondary N) is 2. The van der Waals surface area contributed by atoms with Gasteiger partial charge in [0.15, 0.2) is 0 Å². The smallest absolute Gasteiger partial charge is 0.269 e. The second kappa shape index (κ2) is 8.14. The Balaban J connectivity index is 1.67. The van der Waals surface area contributed by atoms with Crippen LogP contribution in [-0.2, 0) is 0 Å². The summed E-state index contributed by atoms with van der Waals surface area (Å²) in [6.45, 7) is 3.68. The number of hydrogen-bond donors (Lipinski definition) is 2. The lowest BCUT2D eigenvalue weighted by molar-refractivity contribution is -0.884. The van der Waals surface area contributed by atoms with E-state index < -0.39 is 0 Å². The lowest BCUT2D eigenvalue weighted by atomic mass is 10.1. The highest BCUT2D eigenvalue weighted by Crippen LogP contribution is 2.25. The molecule has 0 radical (unpaired) electrons. The number of aromatic nitrogens is 2. The molecule has 0 aliphatic carbocycles. The number of benzene rings is 2. The fourth-order valence-corrected chi connectivity index (χ4v) is 3.40. The first-order valence-corrected chi connectivity index (χ1v) is 9.76. The molecular formula is C21H23ClN5O+. The van der Waals surface area contributed by atoms with Gasteiger partial charge in [0.05, 0.1) is 44.5 Å². The number of likely N-dealkylation sites (N-methyl/N-ethyl adjacent to an activating group) is 1. The summed E-state index contributed by atoms with van der Waals surface area (Å²) in [6, 6.07) is 17.2. The van der Waals surface area contributed by atoms with Crippen molar-refractivity contribution >= 4 is 17.5 Å². The number of para-hydroxylation sites is 1. The first-order chi connectivity index (χ1) is 13.6. The van der Waals surface area contributed by atoms with Crippen LogP contribution in [-0.4, -0.2) is 53.9 Å². The molecule has 0 saturated carbocycles. The Morgan fingerprint density at radius 3 is 2.43 bits per heavy atom. The third kappa shape index (κ3) is 4.09. The van der Waals surface area contributed by atoms with Gasteiger partial charge in [0.25, 0.3) is 5.91 Å². The average Bonchev–Trinajstić information content (AvgIpc) is 3.17. The molecule has 0 atom stereocenters. The van der Waals surface area contributed by atoms with Gasteiger partial charge in [-0.3, -0.25) is 10.2 Å². The first kappa shape index (κ1) is 18.7. The van der Waals surface area contributed by atoms with Gasteiger partial charge in [-0.2, -0.15) is 5.10 Å². The lowest BCUT2D eigenvalue weighted by Crippen LogP contribution is -3.12. The number of carbonyl (C=O) groups excluding carboxylic acids is 1. The van der Waals surface area contributed by atoms with Crippen LogP contribution < -0.4 is 10.3 Å². The van der Waals surface area contributed by atoms with Crippen LogP contribution in [0.15, 0.2) is 60.8 Å². The van der Waals surface area contributed by atoms with E-state index in [1.54, 1.807) is 10.9 Å². The Bertz CT molecular complexity index is 947. The van der Waals surface area contributed by atoms with Crippen molar-refractivity contribution in [1.29, 1.82) is 0 Å². The van der Waals surface area contributed by atoms with Gasteiger partial charge in [-0.1, -0.05) is 41.9 Å². The summed E-state index contributed by atoms with van der Waals surface area (Å²) in [5.41, 5.74) is 5.98. The molecule has 1 aromatic heterocycles. The predicted octanol–water partition coefficient (Wildman–Crippen LogP) is 1.67. The van der Waals surface area contributed by atoms with Gasteiger partial charge in [0, 0.05) is 16.8 Å². The van der Waals surface area contributed by atoms with E-state index in [-0.39, 0.29) is 5.91 Å². The predicted molar refractivity (Wildman–Crippen MR) is 110 cm³/mol. The molecule has 0 spiro atoms. The van der Waals surface area contributed by atoms with Gasteiger partial charge in [-0.15, -0.1) is 0 Å². The highest BCUT2D eigenvalue weighted by atomic mass is 35.5. The molecule has 2 N–H and O–H groups in total. The third-order valence-corrected chi connectivity index (χ3v) is 5.23. The number of rotatable bonds is 4. The summed E-state index contributed by atoms with van der Waals surface area (Å²) >= 11 is 6.03. The molecule has 2 aromatic carbocycles. The van der Waals surface area contributed by atoms with E-state index >= 15 is 0 Å². The highest BCUT2D eigenvalue weighted by Gasteiger charge is 2.23. The molecule has 144 valence electrons. The average molecular weight is 397 g/mol. The quantitative estimate of drug-likeness (QED) is 0.705. The summed E-state index contributed by atoms with van der Waals surface area (Å²) in [4.78, 5) is 14.5. The number of amides is 1. The molecule has 1 saturated heterocycles. The van der Waals surface area contributed by atoms with Gasteiger partial charge in [-0.25, -0.2) is 9.69 Å². The van der Waals surface area contributed by atoms with Crippen LogP contribution in [0.25, 0.3) is 16.9 Å². The Morgan fingerprint density at radius 1 is 1.07 bits per heavy atom. The summed E-state index contributed by atoms with van der Waals surface area (Å²) < 4.78 is 1.74. The van der Waals surface area contributed by atoms with E-state index in [4.69, 9.17) is 16.7 Å². The van der Waals surface area contributed by atoms with Gasteiger partial charge >= 0.3 is 0 Å². The SMILES string of the molecule is C[NH+]1CCN(NC(=O)c2cn(-c3ccccc3)nc2-c2ccc(Cl)cc2)CC1. The fraction of sp³-hybridized carbons (Fsp3) is 0.238. The maximum Gasteiger partial charge on any atom is 0.269 e. The molecule has 7 heteroatoms. The van der Waals surface area contributed by atoms with E-state index in [0.717, 1.165) is 37.4 Å². The number of halogens is 1. The van der Waals surface area contributed by atoms with Crippen LogP contribution in [0.2, 0.25) is 5.02 Å². The van der Waals surface area contributed by atoms with Crippen LogP contribution in [0, 0.1) is 0 Å². The molecule has 1 amide bonds. The second-order valence-corrected chi connectivity index (χ2v) is 7.50. The number of piperazine rings is 1. The summed E-state index contributed by atoms with van der Waals surface area (Å²) in [5, 5.41) is 7.33. The number of hydrogen-bond acceptors (Lipinski definition) is 3. The molecule has 0 unspecified atom stereocenters. The van der Waals surface area contributed by atoms with E-state index in [1.165, 1.54) is 4.90 Å². The second-order valence-electron chi connectivity index (χ2n) is 7.06. The molecule has 3 aromatic rings. The number of quaternary nitrogens is 1. The van der Waals surface area contributed by atoms with E-state index in [9.17, 15) is 4.79 Å². The van der Waals surface area contributed by atoms with Crippen molar-refractivity contribution < 1.29 is 9.69 Å². The van der Waals surface area contributed by atoms with Crippen molar-refractivity contribution in [3.8, 4) is 16.9 Å². The minimum absolute atomic E-state index is 0.147.